The molecule has 4 amide bonds. The number of halogens is 2. The van der Waals surface area contributed by atoms with Gasteiger partial charge in [0.05, 0.1) is 10.2 Å². The number of carbonyl (C=O) groups is 3. The fraction of sp³-hybridized carbons (Fsp3) is 0.105. The Labute approximate surface area is 172 Å². The zero-order chi connectivity index (χ0) is 19.9. The minimum atomic E-state index is -0.819. The summed E-state index contributed by atoms with van der Waals surface area (Å²) in [4.78, 5) is 38.3. The number of benzene rings is 2. The summed E-state index contributed by atoms with van der Waals surface area (Å²) in [6, 6.07) is 7.51. The summed E-state index contributed by atoms with van der Waals surface area (Å²) < 4.78 is 1.04. The van der Waals surface area contributed by atoms with E-state index in [4.69, 9.17) is 0 Å². The Kier molecular flexibility index (Phi) is 5.21. The molecule has 0 atom stereocenters. The predicted octanol–water partition coefficient (Wildman–Crippen LogP) is 4.20. The lowest BCUT2D eigenvalue weighted by Gasteiger charge is -2.27. The highest BCUT2D eigenvalue weighted by molar-refractivity contribution is 9.11. The van der Waals surface area contributed by atoms with Crippen molar-refractivity contribution < 1.29 is 19.5 Å². The number of hydrogen-bond acceptors (Lipinski definition) is 4. The predicted molar refractivity (Wildman–Crippen MR) is 108 cm³/mol. The first-order chi connectivity index (χ1) is 12.7. The number of phenolic OH excluding ortho intramolecular Hbond substituents is 1. The Morgan fingerprint density at radius 2 is 1.74 bits per heavy atom. The van der Waals surface area contributed by atoms with Crippen LogP contribution in [-0.2, 0) is 9.59 Å². The molecule has 3 rings (SSSR count). The molecule has 1 aliphatic rings. The molecule has 2 N–H and O–H groups in total. The molecule has 2 aromatic carbocycles. The highest BCUT2D eigenvalue weighted by Crippen LogP contribution is 2.34. The number of nitrogens with one attached hydrogen (secondary N) is 1. The lowest BCUT2D eigenvalue weighted by atomic mass is 10.0. The van der Waals surface area contributed by atoms with Gasteiger partial charge in [-0.15, -0.1) is 0 Å². The summed E-state index contributed by atoms with van der Waals surface area (Å²) in [5.74, 6) is -1.70. The van der Waals surface area contributed by atoms with E-state index < -0.39 is 17.8 Å². The molecular weight excluding hydrogens is 480 g/mol. The fourth-order valence-corrected chi connectivity index (χ4v) is 3.87. The summed E-state index contributed by atoms with van der Waals surface area (Å²) in [5, 5.41) is 12.4. The maximum Gasteiger partial charge on any atom is 0.335 e. The fourth-order valence-electron chi connectivity index (χ4n) is 2.61. The molecule has 0 aliphatic carbocycles. The molecule has 8 heteroatoms. The number of hydrogen-bond donors (Lipinski definition) is 2. The van der Waals surface area contributed by atoms with Crippen LogP contribution in [-0.4, -0.2) is 23.0 Å². The van der Waals surface area contributed by atoms with Crippen molar-refractivity contribution in [2.45, 2.75) is 13.8 Å². The van der Waals surface area contributed by atoms with Crippen LogP contribution in [0.2, 0.25) is 0 Å². The first-order valence-electron chi connectivity index (χ1n) is 7.85. The van der Waals surface area contributed by atoms with E-state index in [2.05, 4.69) is 37.2 Å². The average molecular weight is 494 g/mol. The second-order valence-corrected chi connectivity index (χ2v) is 7.82. The number of aromatic hydroxyl groups is 1. The van der Waals surface area contributed by atoms with E-state index in [1.54, 1.807) is 30.3 Å². The first-order valence-corrected chi connectivity index (χ1v) is 9.44. The van der Waals surface area contributed by atoms with Gasteiger partial charge in [-0.1, -0.05) is 22.0 Å². The van der Waals surface area contributed by atoms with Crippen LogP contribution in [0.5, 0.6) is 5.75 Å². The number of carbonyl (C=O) groups excluding carboxylic acids is 3. The SMILES string of the molecule is Cc1ccc(N2C(=O)NC(=O)/C(=C\c3cc(Br)cc(Br)c3O)C2=O)cc1C. The van der Waals surface area contributed by atoms with E-state index in [1.807, 2.05) is 13.8 Å². The second-order valence-electron chi connectivity index (χ2n) is 6.05. The van der Waals surface area contributed by atoms with Crippen molar-refractivity contribution in [1.29, 1.82) is 0 Å². The zero-order valence-electron chi connectivity index (χ0n) is 14.3. The number of aryl methyl sites for hydroxylation is 2. The maximum absolute atomic E-state index is 12.9. The van der Waals surface area contributed by atoms with Gasteiger partial charge in [0.1, 0.15) is 11.3 Å². The number of rotatable bonds is 2. The van der Waals surface area contributed by atoms with Crippen LogP contribution in [0.15, 0.2) is 44.9 Å². The highest BCUT2D eigenvalue weighted by Gasteiger charge is 2.37. The summed E-state index contributed by atoms with van der Waals surface area (Å²) in [6.07, 6.45) is 1.25. The molecule has 1 aliphatic heterocycles. The first kappa shape index (κ1) is 19.3. The van der Waals surface area contributed by atoms with Crippen molar-refractivity contribution >= 4 is 61.5 Å². The van der Waals surface area contributed by atoms with E-state index in [-0.39, 0.29) is 16.9 Å². The van der Waals surface area contributed by atoms with Crippen LogP contribution in [0.1, 0.15) is 16.7 Å². The van der Waals surface area contributed by atoms with Crippen LogP contribution >= 0.6 is 31.9 Å². The molecule has 0 unspecified atom stereocenters. The standard InChI is InChI=1S/C19H14Br2N2O4/c1-9-3-4-13(5-10(9)2)23-18(26)14(17(25)22-19(23)27)7-11-6-12(20)8-15(21)16(11)24/h3-8,24H,1-2H3,(H,22,25,27)/b14-7+. The molecule has 2 aromatic rings. The summed E-state index contributed by atoms with van der Waals surface area (Å²) in [5.41, 5.74) is 2.28. The quantitative estimate of drug-likeness (QED) is 0.484. The van der Waals surface area contributed by atoms with Gasteiger partial charge in [-0.05, 0) is 71.2 Å². The molecule has 0 bridgehead atoms. The van der Waals surface area contributed by atoms with Crippen molar-refractivity contribution in [1.82, 2.24) is 5.32 Å². The van der Waals surface area contributed by atoms with Gasteiger partial charge in [0, 0.05) is 10.0 Å². The van der Waals surface area contributed by atoms with Crippen molar-refractivity contribution in [3.8, 4) is 5.75 Å². The average Bonchev–Trinajstić information content (AvgIpc) is 2.58. The van der Waals surface area contributed by atoms with Gasteiger partial charge in [-0.25, -0.2) is 9.69 Å². The van der Waals surface area contributed by atoms with Gasteiger partial charge in [0.2, 0.25) is 0 Å². The minimum Gasteiger partial charge on any atom is -0.506 e. The molecule has 0 radical (unpaired) electrons. The van der Waals surface area contributed by atoms with Gasteiger partial charge in [0.15, 0.2) is 0 Å². The Bertz CT molecular complexity index is 1030. The topological polar surface area (TPSA) is 86.7 Å². The Balaban J connectivity index is 2.09. The normalized spacial score (nSPS) is 16.1. The minimum absolute atomic E-state index is 0.124. The van der Waals surface area contributed by atoms with Gasteiger partial charge in [-0.2, -0.15) is 0 Å². The van der Waals surface area contributed by atoms with E-state index in [0.29, 0.717) is 14.6 Å². The van der Waals surface area contributed by atoms with Crippen molar-refractivity contribution in [3.63, 3.8) is 0 Å². The van der Waals surface area contributed by atoms with Gasteiger partial charge < -0.3 is 5.11 Å². The summed E-state index contributed by atoms with van der Waals surface area (Å²) >= 11 is 6.50. The molecule has 27 heavy (non-hydrogen) atoms. The van der Waals surface area contributed by atoms with Crippen LogP contribution in [0.25, 0.3) is 6.08 Å². The third-order valence-corrected chi connectivity index (χ3v) is 5.27. The number of urea groups is 1. The second kappa shape index (κ2) is 7.28. The Morgan fingerprint density at radius 3 is 2.41 bits per heavy atom. The lowest BCUT2D eigenvalue weighted by Crippen LogP contribution is -2.54. The zero-order valence-corrected chi connectivity index (χ0v) is 17.5. The van der Waals surface area contributed by atoms with E-state index in [1.165, 1.54) is 6.08 Å². The van der Waals surface area contributed by atoms with Crippen molar-refractivity contribution in [3.05, 3.63) is 61.5 Å². The largest absolute Gasteiger partial charge is 0.506 e. The lowest BCUT2D eigenvalue weighted by molar-refractivity contribution is -0.122. The molecule has 0 saturated carbocycles. The number of phenols is 1. The molecule has 0 aromatic heterocycles. The molecule has 6 nitrogen and oxygen atoms in total. The van der Waals surface area contributed by atoms with E-state index in [9.17, 15) is 19.5 Å². The van der Waals surface area contributed by atoms with Crippen molar-refractivity contribution in [2.24, 2.45) is 0 Å². The van der Waals surface area contributed by atoms with Gasteiger partial charge >= 0.3 is 6.03 Å². The number of barbiturate groups is 1. The number of nitrogens with zero attached hydrogens (tertiary/aromatic N) is 1. The number of amides is 4. The number of imide groups is 2. The van der Waals surface area contributed by atoms with Crippen LogP contribution in [0, 0.1) is 13.8 Å². The third kappa shape index (κ3) is 3.68. The molecule has 138 valence electrons. The van der Waals surface area contributed by atoms with Crippen LogP contribution < -0.4 is 10.2 Å². The Hall–Kier alpha value is -2.45. The van der Waals surface area contributed by atoms with Crippen LogP contribution in [0.4, 0.5) is 10.5 Å². The molecular formula is C19H14Br2N2O4. The van der Waals surface area contributed by atoms with E-state index >= 15 is 0 Å². The molecule has 1 fully saturated rings. The molecule has 0 spiro atoms. The van der Waals surface area contributed by atoms with Gasteiger partial charge in [0.25, 0.3) is 11.8 Å². The third-order valence-electron chi connectivity index (χ3n) is 4.21. The maximum atomic E-state index is 12.9. The smallest absolute Gasteiger partial charge is 0.335 e. The van der Waals surface area contributed by atoms with Gasteiger partial charge in [-0.3, -0.25) is 14.9 Å². The summed E-state index contributed by atoms with van der Waals surface area (Å²) in [7, 11) is 0. The molecule has 1 saturated heterocycles. The molecule has 1 heterocycles. The highest BCUT2D eigenvalue weighted by atomic mass is 79.9. The Morgan fingerprint density at radius 1 is 1.04 bits per heavy atom. The summed E-state index contributed by atoms with van der Waals surface area (Å²) in [6.45, 7) is 3.78. The monoisotopic (exact) mass is 492 g/mol. The van der Waals surface area contributed by atoms with E-state index in [0.717, 1.165) is 16.0 Å². The number of anilines is 1. The van der Waals surface area contributed by atoms with Crippen molar-refractivity contribution in [2.75, 3.05) is 4.90 Å². The van der Waals surface area contributed by atoms with Crippen LogP contribution in [0.3, 0.4) is 0 Å².